The van der Waals surface area contributed by atoms with E-state index in [-0.39, 0.29) is 24.1 Å². The molecule has 2 heterocycles. The van der Waals surface area contributed by atoms with Crippen molar-refractivity contribution in [3.63, 3.8) is 0 Å². The molecule has 1 aliphatic heterocycles. The van der Waals surface area contributed by atoms with E-state index in [0.29, 0.717) is 31.0 Å². The smallest absolute Gasteiger partial charge is 0.296 e. The summed E-state index contributed by atoms with van der Waals surface area (Å²) >= 11 is 0. The van der Waals surface area contributed by atoms with Gasteiger partial charge in [0.1, 0.15) is 17.9 Å². The van der Waals surface area contributed by atoms with Gasteiger partial charge in [-0.1, -0.05) is 53.2 Å². The maximum Gasteiger partial charge on any atom is 0.296 e. The van der Waals surface area contributed by atoms with Crippen LogP contribution in [-0.4, -0.2) is 58.4 Å². The molecule has 1 aromatic carbocycles. The molecule has 1 amide bonds. The minimum absolute atomic E-state index is 0.125. The Hall–Kier alpha value is -3.11. The Morgan fingerprint density at radius 1 is 1.19 bits per heavy atom. The van der Waals surface area contributed by atoms with Gasteiger partial charge in [-0.3, -0.25) is 14.2 Å². The summed E-state index contributed by atoms with van der Waals surface area (Å²) in [7, 11) is 1.96. The molecular weight excluding hydrogens is 477 g/mol. The van der Waals surface area contributed by atoms with Crippen molar-refractivity contribution in [2.45, 2.75) is 73.5 Å². The van der Waals surface area contributed by atoms with E-state index in [1.54, 1.807) is 12.1 Å². The Morgan fingerprint density at radius 3 is 2.35 bits per heavy atom. The highest BCUT2D eigenvalue weighted by Crippen LogP contribution is 2.19. The second-order valence-electron chi connectivity index (χ2n) is 7.79. The predicted molar refractivity (Wildman–Crippen MR) is 145 cm³/mol. The van der Waals surface area contributed by atoms with Crippen LogP contribution in [0.1, 0.15) is 82.3 Å². The first-order chi connectivity index (χ1) is 17.8. The average Bonchev–Trinajstić information content (AvgIpc) is 3.07. The van der Waals surface area contributed by atoms with E-state index in [2.05, 4.69) is 27.4 Å². The van der Waals surface area contributed by atoms with Crippen molar-refractivity contribution in [1.82, 2.24) is 25.1 Å². The number of hydrogen-bond donors (Lipinski definition) is 3. The molecule has 0 aliphatic carbocycles. The number of fused-ring (bicyclic) bond motifs is 1. The van der Waals surface area contributed by atoms with Gasteiger partial charge in [0.2, 0.25) is 5.75 Å². The summed E-state index contributed by atoms with van der Waals surface area (Å²) in [5.74, 6) is -1.23. The SMILES string of the molecule is CC.CC.CC=O.CCCCNC1CN(C)CCn2c1nc(C(=O)NCc1ccc(F)cc1)c(O)c2=O. The fourth-order valence-corrected chi connectivity index (χ4v) is 3.43. The third-order valence-electron chi connectivity index (χ3n) is 5.19. The van der Waals surface area contributed by atoms with Gasteiger partial charge >= 0.3 is 0 Å². The number of hydrogen-bond acceptors (Lipinski definition) is 7. The Morgan fingerprint density at radius 2 is 1.78 bits per heavy atom. The lowest BCUT2D eigenvalue weighted by Gasteiger charge is -2.22. The summed E-state index contributed by atoms with van der Waals surface area (Å²) < 4.78 is 14.5. The van der Waals surface area contributed by atoms with Crippen LogP contribution in [0, 0.1) is 5.82 Å². The van der Waals surface area contributed by atoms with Crippen LogP contribution in [0.2, 0.25) is 0 Å². The molecular formula is C27H44FN5O4. The number of benzene rings is 1. The first-order valence-electron chi connectivity index (χ1n) is 13.0. The standard InChI is InChI=1S/C21H28FN5O3.C2H4O.2C2H6/c1-3-4-9-23-16-13-26(2)10-11-27-19(16)25-17(18(28)21(27)30)20(29)24-12-14-5-7-15(22)8-6-14;1-2-3;2*1-2/h5-8,16,23,28H,3-4,9-13H2,1-2H3,(H,24,29);2H,1H3;2*1-2H3. The molecule has 0 bridgehead atoms. The lowest BCUT2D eigenvalue weighted by Crippen LogP contribution is -2.36. The van der Waals surface area contributed by atoms with Crippen LogP contribution in [0.15, 0.2) is 29.1 Å². The minimum atomic E-state index is -0.660. The van der Waals surface area contributed by atoms with E-state index < -0.39 is 17.2 Å². The topological polar surface area (TPSA) is 117 Å². The van der Waals surface area contributed by atoms with Crippen molar-refractivity contribution in [3.8, 4) is 5.75 Å². The van der Waals surface area contributed by atoms with Gasteiger partial charge in [0.15, 0.2) is 5.69 Å². The number of halogens is 1. The molecule has 10 heteroatoms. The van der Waals surface area contributed by atoms with Crippen LogP contribution in [0.4, 0.5) is 4.39 Å². The van der Waals surface area contributed by atoms with Gasteiger partial charge in [-0.2, -0.15) is 0 Å². The molecule has 208 valence electrons. The molecule has 1 unspecified atom stereocenters. The van der Waals surface area contributed by atoms with Gasteiger partial charge in [0.25, 0.3) is 11.5 Å². The van der Waals surface area contributed by atoms with E-state index in [1.807, 2.05) is 34.7 Å². The van der Waals surface area contributed by atoms with Crippen molar-refractivity contribution in [3.05, 3.63) is 57.5 Å². The highest BCUT2D eigenvalue weighted by molar-refractivity contribution is 5.94. The molecule has 9 nitrogen and oxygen atoms in total. The van der Waals surface area contributed by atoms with E-state index >= 15 is 0 Å². The monoisotopic (exact) mass is 521 g/mol. The van der Waals surface area contributed by atoms with Crippen LogP contribution in [0.3, 0.4) is 0 Å². The molecule has 0 spiro atoms. The Labute approximate surface area is 220 Å². The maximum atomic E-state index is 13.0. The summed E-state index contributed by atoms with van der Waals surface area (Å²) in [5, 5.41) is 16.4. The summed E-state index contributed by atoms with van der Waals surface area (Å²) in [6.07, 6.45) is 2.76. The highest BCUT2D eigenvalue weighted by atomic mass is 19.1. The number of nitrogens with zero attached hydrogens (tertiary/aromatic N) is 3. The fourth-order valence-electron chi connectivity index (χ4n) is 3.43. The fraction of sp³-hybridized carbons (Fsp3) is 0.556. The van der Waals surface area contributed by atoms with Crippen molar-refractivity contribution in [2.24, 2.45) is 0 Å². The summed E-state index contributed by atoms with van der Waals surface area (Å²) in [5.41, 5.74) is -0.221. The molecule has 0 saturated heterocycles. The number of rotatable bonds is 7. The molecule has 0 radical (unpaired) electrons. The van der Waals surface area contributed by atoms with Crippen LogP contribution in [0.25, 0.3) is 0 Å². The van der Waals surface area contributed by atoms with Crippen molar-refractivity contribution in [1.29, 1.82) is 0 Å². The van der Waals surface area contributed by atoms with Crippen molar-refractivity contribution >= 4 is 12.2 Å². The molecule has 1 aromatic heterocycles. The van der Waals surface area contributed by atoms with Gasteiger partial charge < -0.3 is 25.4 Å². The molecule has 37 heavy (non-hydrogen) atoms. The highest BCUT2D eigenvalue weighted by Gasteiger charge is 2.28. The number of amides is 1. The number of aromatic hydroxyl groups is 1. The quantitative estimate of drug-likeness (QED) is 0.376. The number of aromatic nitrogens is 2. The van der Waals surface area contributed by atoms with E-state index in [9.17, 15) is 19.1 Å². The lowest BCUT2D eigenvalue weighted by atomic mass is 10.2. The van der Waals surface area contributed by atoms with Gasteiger partial charge in [-0.25, -0.2) is 9.37 Å². The normalized spacial score (nSPS) is 14.2. The molecule has 1 aliphatic rings. The maximum absolute atomic E-state index is 13.0. The average molecular weight is 522 g/mol. The number of aldehydes is 1. The molecule has 3 rings (SSSR count). The summed E-state index contributed by atoms with van der Waals surface area (Å²) in [6, 6.07) is 5.47. The first kappa shape index (κ1) is 33.9. The van der Waals surface area contributed by atoms with Crippen LogP contribution < -0.4 is 16.2 Å². The number of carbonyl (C=O) groups excluding carboxylic acids is 2. The van der Waals surface area contributed by atoms with Gasteiger partial charge in [0, 0.05) is 26.2 Å². The Kier molecular flexibility index (Phi) is 17.5. The third kappa shape index (κ3) is 10.8. The first-order valence-corrected chi connectivity index (χ1v) is 13.0. The number of unbranched alkanes of at least 4 members (excludes halogenated alkanes) is 1. The molecule has 1 atom stereocenters. The van der Waals surface area contributed by atoms with Crippen LogP contribution in [0.5, 0.6) is 5.75 Å². The van der Waals surface area contributed by atoms with Crippen molar-refractivity contribution in [2.75, 3.05) is 26.7 Å². The zero-order valence-electron chi connectivity index (χ0n) is 23.3. The molecule has 2 aromatic rings. The number of likely N-dealkylation sites (N-methyl/N-ethyl adjacent to an activating group) is 1. The zero-order valence-corrected chi connectivity index (χ0v) is 23.3. The molecule has 3 N–H and O–H groups in total. The second kappa shape index (κ2) is 19.1. The summed E-state index contributed by atoms with van der Waals surface area (Å²) in [4.78, 5) is 40.8. The lowest BCUT2D eigenvalue weighted by molar-refractivity contribution is -0.106. The van der Waals surface area contributed by atoms with Gasteiger partial charge in [-0.05, 0) is 44.6 Å². The minimum Gasteiger partial charge on any atom is -0.501 e. The molecule has 0 saturated carbocycles. The number of nitrogens with one attached hydrogen (secondary N) is 2. The number of carbonyl (C=O) groups is 2. The Bertz CT molecular complexity index is 996. The van der Waals surface area contributed by atoms with E-state index in [4.69, 9.17) is 4.79 Å². The summed E-state index contributed by atoms with van der Waals surface area (Å²) in [6.45, 7) is 14.1. The van der Waals surface area contributed by atoms with Crippen molar-refractivity contribution < 1.29 is 19.1 Å². The van der Waals surface area contributed by atoms with Gasteiger partial charge in [0.05, 0.1) is 6.04 Å². The Balaban J connectivity index is 0.00000169. The van der Waals surface area contributed by atoms with E-state index in [1.165, 1.54) is 23.6 Å². The third-order valence-corrected chi connectivity index (χ3v) is 5.19. The largest absolute Gasteiger partial charge is 0.501 e. The van der Waals surface area contributed by atoms with Crippen LogP contribution in [-0.2, 0) is 17.9 Å². The molecule has 0 fully saturated rings. The second-order valence-corrected chi connectivity index (χ2v) is 7.79. The zero-order chi connectivity index (χ0) is 28.4. The van der Waals surface area contributed by atoms with Gasteiger partial charge in [-0.15, -0.1) is 0 Å². The van der Waals surface area contributed by atoms with Crippen LogP contribution >= 0.6 is 0 Å². The predicted octanol–water partition coefficient (Wildman–Crippen LogP) is 3.65. The van der Waals surface area contributed by atoms with E-state index in [0.717, 1.165) is 25.7 Å².